The SMILES string of the molecule is C[C@@H]1COCCN1c1cc(C(C#N)CCS(C)(=O)=O)c2ccnc(-c3ccn[nH]3)c2n1. The van der Waals surface area contributed by atoms with E-state index >= 15 is 0 Å². The maximum Gasteiger partial charge on any atom is 0.147 e. The second kappa shape index (κ2) is 8.61. The highest BCUT2D eigenvalue weighted by atomic mass is 32.2. The van der Waals surface area contributed by atoms with Gasteiger partial charge in [-0.05, 0) is 37.1 Å². The molecule has 1 unspecified atom stereocenters. The van der Waals surface area contributed by atoms with E-state index in [1.54, 1.807) is 12.4 Å². The third-order valence-corrected chi connectivity index (χ3v) is 6.45. The largest absolute Gasteiger partial charge is 0.377 e. The second-order valence-electron chi connectivity index (χ2n) is 7.81. The van der Waals surface area contributed by atoms with E-state index < -0.39 is 15.8 Å². The molecule has 0 bridgehead atoms. The lowest BCUT2D eigenvalue weighted by Gasteiger charge is -2.35. The fourth-order valence-electron chi connectivity index (χ4n) is 3.87. The maximum absolute atomic E-state index is 11.7. The molecule has 31 heavy (non-hydrogen) atoms. The van der Waals surface area contributed by atoms with Gasteiger partial charge in [0.25, 0.3) is 0 Å². The van der Waals surface area contributed by atoms with Crippen molar-refractivity contribution in [3.05, 3.63) is 36.2 Å². The van der Waals surface area contributed by atoms with E-state index in [0.29, 0.717) is 31.0 Å². The molecule has 2 atom stereocenters. The summed E-state index contributed by atoms with van der Waals surface area (Å²) in [7, 11) is -3.19. The number of nitriles is 1. The van der Waals surface area contributed by atoms with Crippen molar-refractivity contribution in [1.82, 2.24) is 20.2 Å². The summed E-state index contributed by atoms with van der Waals surface area (Å²) in [6, 6.07) is 7.98. The van der Waals surface area contributed by atoms with E-state index in [9.17, 15) is 13.7 Å². The summed E-state index contributed by atoms with van der Waals surface area (Å²) in [5.74, 6) is 0.0793. The quantitative estimate of drug-likeness (QED) is 0.619. The van der Waals surface area contributed by atoms with Crippen LogP contribution in [0.2, 0.25) is 0 Å². The number of nitrogens with one attached hydrogen (secondary N) is 1. The van der Waals surface area contributed by atoms with Gasteiger partial charge in [0.05, 0.1) is 42.7 Å². The number of fused-ring (bicyclic) bond motifs is 1. The Kier molecular flexibility index (Phi) is 5.89. The summed E-state index contributed by atoms with van der Waals surface area (Å²) in [4.78, 5) is 11.6. The van der Waals surface area contributed by atoms with Crippen LogP contribution in [0.25, 0.3) is 22.3 Å². The summed E-state index contributed by atoms with van der Waals surface area (Å²) >= 11 is 0. The standard InChI is InChI=1S/C21H24N6O3S/c1-14-13-30-9-8-27(14)19-11-17(15(12-22)5-10-31(2,28)29)16-3-6-23-21(20(16)25-19)18-4-7-24-26-18/h3-4,6-7,11,14-15H,5,8-10,13H2,1-2H3,(H,24,26)/t14-,15?/m1/s1. The van der Waals surface area contributed by atoms with Crippen LogP contribution in [0.15, 0.2) is 30.6 Å². The highest BCUT2D eigenvalue weighted by Crippen LogP contribution is 2.34. The first-order chi connectivity index (χ1) is 14.9. The summed E-state index contributed by atoms with van der Waals surface area (Å²) in [5, 5.41) is 17.6. The molecule has 1 fully saturated rings. The summed E-state index contributed by atoms with van der Waals surface area (Å²) in [5.41, 5.74) is 2.77. The van der Waals surface area contributed by atoms with Crippen molar-refractivity contribution in [2.75, 3.05) is 36.7 Å². The Labute approximate surface area is 181 Å². The minimum atomic E-state index is -3.19. The zero-order valence-corrected chi connectivity index (χ0v) is 18.3. The van der Waals surface area contributed by atoms with Gasteiger partial charge in [0.1, 0.15) is 26.9 Å². The Balaban J connectivity index is 1.91. The molecular weight excluding hydrogens is 416 g/mol. The Morgan fingerprint density at radius 3 is 2.90 bits per heavy atom. The number of aromatic nitrogens is 4. The lowest BCUT2D eigenvalue weighted by atomic mass is 9.94. The van der Waals surface area contributed by atoms with Crippen molar-refractivity contribution in [2.24, 2.45) is 0 Å². The molecule has 0 aliphatic carbocycles. The van der Waals surface area contributed by atoms with Crippen molar-refractivity contribution in [1.29, 1.82) is 5.26 Å². The predicted molar refractivity (Wildman–Crippen MR) is 117 cm³/mol. The zero-order chi connectivity index (χ0) is 22.0. The van der Waals surface area contributed by atoms with Crippen LogP contribution in [0.5, 0.6) is 0 Å². The predicted octanol–water partition coefficient (Wildman–Crippen LogP) is 2.29. The fraction of sp³-hybridized carbons (Fsp3) is 0.429. The zero-order valence-electron chi connectivity index (χ0n) is 17.4. The van der Waals surface area contributed by atoms with E-state index in [4.69, 9.17) is 9.72 Å². The minimum absolute atomic E-state index is 0.0587. The topological polar surface area (TPSA) is 125 Å². The highest BCUT2D eigenvalue weighted by molar-refractivity contribution is 7.90. The van der Waals surface area contributed by atoms with E-state index in [2.05, 4.69) is 33.1 Å². The third kappa shape index (κ3) is 4.52. The van der Waals surface area contributed by atoms with Crippen LogP contribution in [0.3, 0.4) is 0 Å². The maximum atomic E-state index is 11.7. The number of pyridine rings is 2. The van der Waals surface area contributed by atoms with Gasteiger partial charge in [-0.3, -0.25) is 10.1 Å². The van der Waals surface area contributed by atoms with E-state index in [0.717, 1.165) is 22.5 Å². The molecule has 4 rings (SSSR count). The summed E-state index contributed by atoms with van der Waals surface area (Å²) in [6.07, 6.45) is 4.72. The number of rotatable bonds is 6. The molecule has 1 aliphatic rings. The van der Waals surface area contributed by atoms with Gasteiger partial charge in [0, 0.05) is 30.6 Å². The molecule has 0 aromatic carbocycles. The molecule has 1 saturated heterocycles. The molecule has 3 aromatic heterocycles. The summed E-state index contributed by atoms with van der Waals surface area (Å²) in [6.45, 7) is 3.93. The van der Waals surface area contributed by atoms with Gasteiger partial charge in [-0.1, -0.05) is 0 Å². The average molecular weight is 441 g/mol. The molecule has 0 saturated carbocycles. The number of sulfone groups is 1. The number of nitrogens with zero attached hydrogens (tertiary/aromatic N) is 5. The van der Waals surface area contributed by atoms with Crippen LogP contribution in [0.1, 0.15) is 24.8 Å². The molecule has 162 valence electrons. The van der Waals surface area contributed by atoms with Gasteiger partial charge in [-0.25, -0.2) is 13.4 Å². The van der Waals surface area contributed by atoms with Crippen LogP contribution in [0.4, 0.5) is 5.82 Å². The molecule has 10 heteroatoms. The lowest BCUT2D eigenvalue weighted by molar-refractivity contribution is 0.0985. The first-order valence-corrected chi connectivity index (χ1v) is 12.1. The Morgan fingerprint density at radius 1 is 1.39 bits per heavy atom. The van der Waals surface area contributed by atoms with Gasteiger partial charge in [0.2, 0.25) is 0 Å². The summed E-state index contributed by atoms with van der Waals surface area (Å²) < 4.78 is 29.1. The van der Waals surface area contributed by atoms with Crippen molar-refractivity contribution < 1.29 is 13.2 Å². The number of ether oxygens (including phenoxy) is 1. The molecule has 3 aromatic rings. The van der Waals surface area contributed by atoms with Crippen LogP contribution in [-0.4, -0.2) is 66.4 Å². The number of H-pyrrole nitrogens is 1. The van der Waals surface area contributed by atoms with Crippen molar-refractivity contribution in [2.45, 2.75) is 25.3 Å². The smallest absolute Gasteiger partial charge is 0.147 e. The first kappa shape index (κ1) is 21.2. The molecule has 0 amide bonds. The lowest BCUT2D eigenvalue weighted by Crippen LogP contribution is -2.44. The molecule has 0 spiro atoms. The molecule has 1 N–H and O–H groups in total. The van der Waals surface area contributed by atoms with Crippen LogP contribution in [0, 0.1) is 11.3 Å². The normalized spacial score (nSPS) is 18.1. The fourth-order valence-corrected chi connectivity index (χ4v) is 4.54. The van der Waals surface area contributed by atoms with Crippen LogP contribution < -0.4 is 4.90 Å². The van der Waals surface area contributed by atoms with E-state index in [-0.39, 0.29) is 18.2 Å². The van der Waals surface area contributed by atoms with E-state index in [1.165, 1.54) is 6.26 Å². The average Bonchev–Trinajstić information content (AvgIpc) is 3.28. The van der Waals surface area contributed by atoms with Crippen molar-refractivity contribution in [3.63, 3.8) is 0 Å². The minimum Gasteiger partial charge on any atom is -0.377 e. The van der Waals surface area contributed by atoms with E-state index in [1.807, 2.05) is 18.2 Å². The second-order valence-corrected chi connectivity index (χ2v) is 10.1. The van der Waals surface area contributed by atoms with Crippen molar-refractivity contribution >= 4 is 26.6 Å². The molecule has 4 heterocycles. The molecule has 0 radical (unpaired) electrons. The Bertz CT molecular complexity index is 1220. The third-order valence-electron chi connectivity index (χ3n) is 5.47. The molecule has 1 aliphatic heterocycles. The van der Waals surface area contributed by atoms with Gasteiger partial charge in [-0.2, -0.15) is 10.4 Å². The van der Waals surface area contributed by atoms with Crippen molar-refractivity contribution in [3.8, 4) is 17.5 Å². The Morgan fingerprint density at radius 2 is 2.23 bits per heavy atom. The van der Waals surface area contributed by atoms with Gasteiger partial charge >= 0.3 is 0 Å². The van der Waals surface area contributed by atoms with Gasteiger partial charge in [0.15, 0.2) is 0 Å². The number of aromatic amines is 1. The highest BCUT2D eigenvalue weighted by Gasteiger charge is 2.25. The molecular formula is C21H24N6O3S. The first-order valence-electron chi connectivity index (χ1n) is 10.1. The van der Waals surface area contributed by atoms with Crippen LogP contribution in [-0.2, 0) is 14.6 Å². The number of hydrogen-bond acceptors (Lipinski definition) is 8. The Hall–Kier alpha value is -3.03. The van der Waals surface area contributed by atoms with Gasteiger partial charge in [-0.15, -0.1) is 0 Å². The number of morpholine rings is 1. The number of anilines is 1. The number of hydrogen-bond donors (Lipinski definition) is 1. The monoisotopic (exact) mass is 440 g/mol. The van der Waals surface area contributed by atoms with Gasteiger partial charge < -0.3 is 9.64 Å². The molecule has 9 nitrogen and oxygen atoms in total. The van der Waals surface area contributed by atoms with Crippen LogP contribution >= 0.6 is 0 Å².